The first-order valence-electron chi connectivity index (χ1n) is 9.27. The number of aromatic nitrogens is 2. The third kappa shape index (κ3) is 3.13. The van der Waals surface area contributed by atoms with E-state index in [4.69, 9.17) is 0 Å². The maximum atomic E-state index is 14.1. The monoisotopic (exact) mass is 340 g/mol. The van der Waals surface area contributed by atoms with Gasteiger partial charge in [0.1, 0.15) is 5.82 Å². The van der Waals surface area contributed by atoms with Gasteiger partial charge in [-0.3, -0.25) is 4.90 Å². The average Bonchev–Trinajstić information content (AvgIpc) is 2.66. The Morgan fingerprint density at radius 2 is 1.92 bits per heavy atom. The van der Waals surface area contributed by atoms with Gasteiger partial charge in [-0.05, 0) is 62.9 Å². The molecule has 0 spiro atoms. The summed E-state index contributed by atoms with van der Waals surface area (Å²) < 4.78 is 14.1. The Morgan fingerprint density at radius 3 is 2.56 bits per heavy atom. The van der Waals surface area contributed by atoms with Crippen LogP contribution in [0.15, 0.2) is 30.6 Å². The number of piperidine rings is 3. The summed E-state index contributed by atoms with van der Waals surface area (Å²) in [5, 5.41) is 3.52. The molecule has 4 heterocycles. The van der Waals surface area contributed by atoms with E-state index in [9.17, 15) is 4.39 Å². The second-order valence-corrected chi connectivity index (χ2v) is 7.25. The first-order chi connectivity index (χ1) is 12.2. The van der Waals surface area contributed by atoms with Crippen molar-refractivity contribution in [3.8, 4) is 11.1 Å². The number of fused-ring (bicyclic) bond motifs is 3. The lowest BCUT2D eigenvalue weighted by Gasteiger charge is -2.49. The smallest absolute Gasteiger partial charge is 0.222 e. The van der Waals surface area contributed by atoms with Gasteiger partial charge in [-0.15, -0.1) is 0 Å². The molecule has 2 atom stereocenters. The predicted octanol–water partition coefficient (Wildman–Crippen LogP) is 3.74. The number of rotatable bonds is 4. The summed E-state index contributed by atoms with van der Waals surface area (Å²) in [7, 11) is 0. The molecule has 25 heavy (non-hydrogen) atoms. The van der Waals surface area contributed by atoms with Gasteiger partial charge in [-0.25, -0.2) is 14.4 Å². The molecule has 3 aliphatic rings. The van der Waals surface area contributed by atoms with Gasteiger partial charge in [0.15, 0.2) is 0 Å². The molecule has 2 bridgehead atoms. The minimum Gasteiger partial charge on any atom is -0.350 e. The Bertz CT molecular complexity index is 736. The minimum atomic E-state index is -0.229. The summed E-state index contributed by atoms with van der Waals surface area (Å²) in [6.07, 6.45) is 6.81. The number of halogens is 1. The molecule has 132 valence electrons. The maximum Gasteiger partial charge on any atom is 0.222 e. The van der Waals surface area contributed by atoms with Crippen LogP contribution in [0.1, 0.15) is 32.3 Å². The molecule has 0 amide bonds. The Labute approximate surface area is 148 Å². The maximum absolute atomic E-state index is 14.1. The molecule has 1 aromatic heterocycles. The Kier molecular flexibility index (Phi) is 4.42. The molecule has 3 fully saturated rings. The standard InChI is InChI=1S/C20H25FN4/c1-3-14-4-5-18(21)17(10-14)16-11-22-20(23-12-16)24-19-13(2)25-8-6-15(19)7-9-25/h4-5,10-13,15,19H,3,6-9H2,1-2H3,(H,22,23,24)/t13-,19-/m1/s1. The predicted molar refractivity (Wildman–Crippen MR) is 98.0 cm³/mol. The van der Waals surface area contributed by atoms with Crippen molar-refractivity contribution >= 4 is 5.95 Å². The molecule has 0 saturated carbocycles. The molecule has 3 aliphatic heterocycles. The zero-order valence-electron chi connectivity index (χ0n) is 14.9. The van der Waals surface area contributed by atoms with E-state index in [1.807, 2.05) is 12.1 Å². The molecule has 2 aromatic rings. The van der Waals surface area contributed by atoms with Crippen LogP contribution in [-0.2, 0) is 6.42 Å². The van der Waals surface area contributed by atoms with Crippen LogP contribution in [0.5, 0.6) is 0 Å². The van der Waals surface area contributed by atoms with Gasteiger partial charge in [0.2, 0.25) is 5.95 Å². The van der Waals surface area contributed by atoms with E-state index in [0.29, 0.717) is 29.5 Å². The Balaban J connectivity index is 1.53. The summed E-state index contributed by atoms with van der Waals surface area (Å²) in [5.74, 6) is 1.11. The van der Waals surface area contributed by atoms with E-state index >= 15 is 0 Å². The lowest BCUT2D eigenvalue weighted by atomic mass is 9.79. The number of hydrogen-bond donors (Lipinski definition) is 1. The van der Waals surface area contributed by atoms with Crippen LogP contribution >= 0.6 is 0 Å². The van der Waals surface area contributed by atoms with Crippen molar-refractivity contribution in [3.05, 3.63) is 42.0 Å². The van der Waals surface area contributed by atoms with Crippen molar-refractivity contribution in [1.82, 2.24) is 14.9 Å². The van der Waals surface area contributed by atoms with Gasteiger partial charge >= 0.3 is 0 Å². The molecule has 1 N–H and O–H groups in total. The Hall–Kier alpha value is -2.01. The van der Waals surface area contributed by atoms with Crippen molar-refractivity contribution in [2.45, 2.75) is 45.2 Å². The van der Waals surface area contributed by atoms with Crippen LogP contribution < -0.4 is 5.32 Å². The summed E-state index contributed by atoms with van der Waals surface area (Å²) in [5.41, 5.74) is 2.40. The fourth-order valence-corrected chi connectivity index (χ4v) is 4.25. The molecule has 4 nitrogen and oxygen atoms in total. The normalized spacial score (nSPS) is 28.1. The highest BCUT2D eigenvalue weighted by Gasteiger charge is 2.39. The second-order valence-electron chi connectivity index (χ2n) is 7.25. The summed E-state index contributed by atoms with van der Waals surface area (Å²) in [4.78, 5) is 11.5. The van der Waals surface area contributed by atoms with Crippen LogP contribution in [0.4, 0.5) is 10.3 Å². The molecule has 5 rings (SSSR count). The second kappa shape index (κ2) is 6.71. The largest absolute Gasteiger partial charge is 0.350 e. The zero-order valence-corrected chi connectivity index (χ0v) is 14.9. The quantitative estimate of drug-likeness (QED) is 0.920. The minimum absolute atomic E-state index is 0.229. The lowest BCUT2D eigenvalue weighted by Crippen LogP contribution is -2.59. The fourth-order valence-electron chi connectivity index (χ4n) is 4.25. The van der Waals surface area contributed by atoms with Crippen LogP contribution in [0.2, 0.25) is 0 Å². The number of benzene rings is 1. The van der Waals surface area contributed by atoms with Crippen LogP contribution in [0.3, 0.4) is 0 Å². The molecular formula is C20H25FN4. The first kappa shape index (κ1) is 16.5. The van der Waals surface area contributed by atoms with E-state index in [2.05, 4.69) is 34.0 Å². The van der Waals surface area contributed by atoms with Crippen molar-refractivity contribution < 1.29 is 4.39 Å². The average molecular weight is 340 g/mol. The van der Waals surface area contributed by atoms with E-state index in [1.54, 1.807) is 12.4 Å². The Morgan fingerprint density at radius 1 is 1.20 bits per heavy atom. The van der Waals surface area contributed by atoms with Crippen molar-refractivity contribution in [2.24, 2.45) is 5.92 Å². The summed E-state index contributed by atoms with van der Waals surface area (Å²) in [6, 6.07) is 6.14. The highest BCUT2D eigenvalue weighted by Crippen LogP contribution is 2.33. The number of anilines is 1. The molecule has 0 radical (unpaired) electrons. The van der Waals surface area contributed by atoms with Crippen LogP contribution in [-0.4, -0.2) is 40.0 Å². The lowest BCUT2D eigenvalue weighted by molar-refractivity contribution is 0.0455. The van der Waals surface area contributed by atoms with E-state index in [-0.39, 0.29) is 5.82 Å². The number of aryl methyl sites for hydroxylation is 1. The highest BCUT2D eigenvalue weighted by atomic mass is 19.1. The van der Waals surface area contributed by atoms with Gasteiger partial charge < -0.3 is 5.32 Å². The molecule has 0 unspecified atom stereocenters. The first-order valence-corrected chi connectivity index (χ1v) is 9.27. The van der Waals surface area contributed by atoms with Crippen LogP contribution in [0, 0.1) is 11.7 Å². The molecule has 5 heteroatoms. The topological polar surface area (TPSA) is 41.1 Å². The van der Waals surface area contributed by atoms with Gasteiger partial charge in [0, 0.05) is 35.6 Å². The zero-order chi connectivity index (χ0) is 17.4. The van der Waals surface area contributed by atoms with Crippen molar-refractivity contribution in [3.63, 3.8) is 0 Å². The summed E-state index contributed by atoms with van der Waals surface area (Å²) >= 11 is 0. The SMILES string of the molecule is CCc1ccc(F)c(-c2cnc(N[C@H]3C4CCN(CC4)[C@@H]3C)nc2)c1. The molecule has 1 aromatic carbocycles. The highest BCUT2D eigenvalue weighted by molar-refractivity contribution is 5.63. The van der Waals surface area contributed by atoms with Gasteiger partial charge in [-0.2, -0.15) is 0 Å². The van der Waals surface area contributed by atoms with E-state index in [1.165, 1.54) is 32.0 Å². The van der Waals surface area contributed by atoms with Gasteiger partial charge in [0.25, 0.3) is 0 Å². The van der Waals surface area contributed by atoms with Crippen molar-refractivity contribution in [1.29, 1.82) is 0 Å². The van der Waals surface area contributed by atoms with Crippen LogP contribution in [0.25, 0.3) is 11.1 Å². The van der Waals surface area contributed by atoms with Crippen molar-refractivity contribution in [2.75, 3.05) is 18.4 Å². The molecule has 3 saturated heterocycles. The van der Waals surface area contributed by atoms with Gasteiger partial charge in [0.05, 0.1) is 0 Å². The molecule has 0 aliphatic carbocycles. The van der Waals surface area contributed by atoms with Gasteiger partial charge in [-0.1, -0.05) is 13.0 Å². The third-order valence-corrected chi connectivity index (χ3v) is 5.88. The fraction of sp³-hybridized carbons (Fsp3) is 0.500. The van der Waals surface area contributed by atoms with E-state index in [0.717, 1.165) is 17.5 Å². The number of nitrogens with one attached hydrogen (secondary N) is 1. The number of nitrogens with zero attached hydrogens (tertiary/aromatic N) is 3. The van der Waals surface area contributed by atoms with E-state index < -0.39 is 0 Å². The third-order valence-electron chi connectivity index (χ3n) is 5.88. The number of hydrogen-bond acceptors (Lipinski definition) is 4. The summed E-state index contributed by atoms with van der Waals surface area (Å²) in [6.45, 7) is 6.76. The molecular weight excluding hydrogens is 315 g/mol.